The highest BCUT2D eigenvalue weighted by molar-refractivity contribution is 6.02. The van der Waals surface area contributed by atoms with Gasteiger partial charge in [-0.05, 0) is 71.8 Å². The molecule has 4 fully saturated rings. The van der Waals surface area contributed by atoms with Gasteiger partial charge in [-0.1, -0.05) is 30.3 Å². The Hall–Kier alpha value is -2.41. The number of carbonyl (C=O) groups is 3. The third-order valence-electron chi connectivity index (χ3n) is 7.71. The van der Waals surface area contributed by atoms with Crippen LogP contribution in [0.4, 0.5) is 0 Å². The topological polar surface area (TPSA) is 91.4 Å². The Morgan fingerprint density at radius 2 is 1.44 bits per heavy atom. The highest BCUT2D eigenvalue weighted by Crippen LogP contribution is 2.82. The summed E-state index contributed by atoms with van der Waals surface area (Å²) in [4.78, 5) is 39.8. The summed E-state index contributed by atoms with van der Waals surface area (Å²) in [7, 11) is 0. The summed E-state index contributed by atoms with van der Waals surface area (Å²) in [6, 6.07) is 9.57. The van der Waals surface area contributed by atoms with Gasteiger partial charge < -0.3 is 18.9 Å². The summed E-state index contributed by atoms with van der Waals surface area (Å²) < 4.78 is 23.2. The smallest absolute Gasteiger partial charge is 0.343 e. The first-order valence-corrected chi connectivity index (χ1v) is 12.2. The number of epoxide rings is 1. The van der Waals surface area contributed by atoms with E-state index in [1.165, 1.54) is 0 Å². The standard InChI is InChI=1S/C27H34O7/c1-24(2,3)32-22(29)26-19-16-12-17(20(19)27(26,34-26)23(30)33-25(4,5)6)18(13-16)21(28)31-14-15-10-8-7-9-11-15/h7-11,16-20H,12-14H2,1-6H3/t16-,17+,18-,19-,20+,26-,27+/m0/s1. The third kappa shape index (κ3) is 3.30. The zero-order valence-electron chi connectivity index (χ0n) is 20.8. The molecule has 0 spiro atoms. The Bertz CT molecular complexity index is 1020. The molecule has 3 saturated carbocycles. The van der Waals surface area contributed by atoms with Gasteiger partial charge in [0.1, 0.15) is 17.8 Å². The average molecular weight is 471 g/mol. The van der Waals surface area contributed by atoms with Crippen molar-refractivity contribution in [2.75, 3.05) is 0 Å². The molecule has 1 saturated heterocycles. The van der Waals surface area contributed by atoms with E-state index in [9.17, 15) is 14.4 Å². The number of ether oxygens (including phenoxy) is 4. The fourth-order valence-corrected chi connectivity index (χ4v) is 6.74. The molecule has 0 amide bonds. The fourth-order valence-electron chi connectivity index (χ4n) is 6.74. The van der Waals surface area contributed by atoms with Crippen LogP contribution in [0.15, 0.2) is 30.3 Å². The Morgan fingerprint density at radius 3 is 2.00 bits per heavy atom. The van der Waals surface area contributed by atoms with Gasteiger partial charge >= 0.3 is 17.9 Å². The molecular formula is C27H34O7. The van der Waals surface area contributed by atoms with E-state index in [2.05, 4.69) is 0 Å². The second kappa shape index (κ2) is 7.30. The maximum Gasteiger partial charge on any atom is 0.343 e. The number of rotatable bonds is 5. The number of esters is 3. The average Bonchev–Trinajstić information content (AvgIpc) is 2.95. The second-order valence-electron chi connectivity index (χ2n) is 12.2. The maximum absolute atomic E-state index is 13.4. The SMILES string of the molecule is CC(C)(C)OC(=O)[C@]12O[C@@]1(C(=O)OC(C)(C)C)[C@@H]1[C@@H]3C[C@@H](C[C@@H]3C(=O)OCc3ccccc3)[C@@H]12. The summed E-state index contributed by atoms with van der Waals surface area (Å²) in [6.07, 6.45) is 1.41. The number of fused-ring (bicyclic) bond motifs is 8. The molecule has 4 aliphatic rings. The lowest BCUT2D eigenvalue weighted by Crippen LogP contribution is -2.67. The van der Waals surface area contributed by atoms with Crippen molar-refractivity contribution in [2.24, 2.45) is 29.6 Å². The minimum absolute atomic E-state index is 0.0798. The highest BCUT2D eigenvalue weighted by atomic mass is 16.7. The van der Waals surface area contributed by atoms with Crippen LogP contribution < -0.4 is 0 Å². The van der Waals surface area contributed by atoms with Crippen molar-refractivity contribution in [2.45, 2.75) is 83.4 Å². The van der Waals surface area contributed by atoms with E-state index in [1.807, 2.05) is 30.3 Å². The fraction of sp³-hybridized carbons (Fsp3) is 0.667. The first-order valence-electron chi connectivity index (χ1n) is 12.2. The molecule has 0 radical (unpaired) electrons. The van der Waals surface area contributed by atoms with Crippen LogP contribution in [-0.4, -0.2) is 40.3 Å². The Kier molecular flexibility index (Phi) is 5.01. The van der Waals surface area contributed by atoms with Crippen molar-refractivity contribution in [1.82, 2.24) is 0 Å². The van der Waals surface area contributed by atoms with Crippen LogP contribution in [0.1, 0.15) is 59.9 Å². The first kappa shape index (κ1) is 23.3. The molecule has 1 heterocycles. The normalized spacial score (nSPS) is 37.2. The molecular weight excluding hydrogens is 436 g/mol. The number of carbonyl (C=O) groups excluding carboxylic acids is 3. The maximum atomic E-state index is 13.4. The van der Waals surface area contributed by atoms with E-state index >= 15 is 0 Å². The highest BCUT2D eigenvalue weighted by Gasteiger charge is 3.00. The molecule has 7 nitrogen and oxygen atoms in total. The van der Waals surface area contributed by atoms with Crippen LogP contribution in [0.5, 0.6) is 0 Å². The van der Waals surface area contributed by atoms with E-state index in [0.717, 1.165) is 12.0 Å². The van der Waals surface area contributed by atoms with Crippen molar-refractivity contribution >= 4 is 17.9 Å². The number of benzene rings is 1. The van der Waals surface area contributed by atoms with Gasteiger partial charge in [-0.15, -0.1) is 0 Å². The van der Waals surface area contributed by atoms with Crippen LogP contribution in [0.25, 0.3) is 0 Å². The third-order valence-corrected chi connectivity index (χ3v) is 7.71. The summed E-state index contributed by atoms with van der Waals surface area (Å²) in [5, 5.41) is 0. The molecule has 0 N–H and O–H groups in total. The van der Waals surface area contributed by atoms with E-state index in [1.54, 1.807) is 41.5 Å². The van der Waals surface area contributed by atoms with Gasteiger partial charge in [0.15, 0.2) is 0 Å². The largest absolute Gasteiger partial charge is 0.461 e. The Morgan fingerprint density at radius 1 is 0.882 bits per heavy atom. The molecule has 5 rings (SSSR count). The van der Waals surface area contributed by atoms with E-state index in [-0.39, 0.29) is 42.2 Å². The molecule has 34 heavy (non-hydrogen) atoms. The van der Waals surface area contributed by atoms with Gasteiger partial charge in [0.2, 0.25) is 11.2 Å². The van der Waals surface area contributed by atoms with Gasteiger partial charge in [-0.2, -0.15) is 0 Å². The molecule has 184 valence electrons. The zero-order valence-corrected chi connectivity index (χ0v) is 20.8. The quantitative estimate of drug-likeness (QED) is 0.367. The molecule has 7 atom stereocenters. The number of hydrogen-bond acceptors (Lipinski definition) is 7. The van der Waals surface area contributed by atoms with Gasteiger partial charge in [-0.3, -0.25) is 4.79 Å². The van der Waals surface area contributed by atoms with Crippen LogP contribution >= 0.6 is 0 Å². The van der Waals surface area contributed by atoms with Crippen molar-refractivity contribution in [3.8, 4) is 0 Å². The second-order valence-corrected chi connectivity index (χ2v) is 12.2. The molecule has 3 aliphatic carbocycles. The van der Waals surface area contributed by atoms with Gasteiger partial charge in [0, 0.05) is 11.8 Å². The molecule has 0 unspecified atom stereocenters. The summed E-state index contributed by atoms with van der Waals surface area (Å²) in [6.45, 7) is 11.0. The Balaban J connectivity index is 1.37. The van der Waals surface area contributed by atoms with Crippen molar-refractivity contribution in [3.05, 3.63) is 35.9 Å². The first-order chi connectivity index (χ1) is 15.8. The lowest BCUT2D eigenvalue weighted by atomic mass is 9.50. The van der Waals surface area contributed by atoms with E-state index in [0.29, 0.717) is 6.42 Å². The minimum atomic E-state index is -1.37. The molecule has 1 aromatic rings. The summed E-state index contributed by atoms with van der Waals surface area (Å²) >= 11 is 0. The lowest BCUT2D eigenvalue weighted by molar-refractivity contribution is -0.182. The lowest BCUT2D eigenvalue weighted by Gasteiger charge is -2.48. The zero-order chi connectivity index (χ0) is 24.7. The molecule has 2 bridgehead atoms. The predicted molar refractivity (Wildman–Crippen MR) is 121 cm³/mol. The van der Waals surface area contributed by atoms with Gasteiger partial charge in [-0.25, -0.2) is 9.59 Å². The van der Waals surface area contributed by atoms with E-state index < -0.39 is 34.3 Å². The van der Waals surface area contributed by atoms with Crippen LogP contribution in [0.2, 0.25) is 0 Å². The van der Waals surface area contributed by atoms with E-state index in [4.69, 9.17) is 18.9 Å². The van der Waals surface area contributed by atoms with Crippen molar-refractivity contribution in [1.29, 1.82) is 0 Å². The van der Waals surface area contributed by atoms with Crippen LogP contribution in [-0.2, 0) is 39.9 Å². The van der Waals surface area contributed by atoms with Crippen LogP contribution in [0, 0.1) is 29.6 Å². The molecule has 1 aliphatic heterocycles. The summed E-state index contributed by atoms with van der Waals surface area (Å²) in [5.41, 5.74) is -3.17. The van der Waals surface area contributed by atoms with Gasteiger partial charge in [0.25, 0.3) is 0 Å². The monoisotopic (exact) mass is 470 g/mol. The molecule has 7 heteroatoms. The van der Waals surface area contributed by atoms with Crippen LogP contribution in [0.3, 0.4) is 0 Å². The van der Waals surface area contributed by atoms with Crippen molar-refractivity contribution < 1.29 is 33.3 Å². The minimum Gasteiger partial charge on any atom is -0.461 e. The molecule has 0 aromatic heterocycles. The van der Waals surface area contributed by atoms with Gasteiger partial charge in [0.05, 0.1) is 5.92 Å². The predicted octanol–water partition coefficient (Wildman–Crippen LogP) is 3.82. The Labute approximate surface area is 200 Å². The van der Waals surface area contributed by atoms with Crippen molar-refractivity contribution in [3.63, 3.8) is 0 Å². The number of hydrogen-bond donors (Lipinski definition) is 0. The summed E-state index contributed by atoms with van der Waals surface area (Å²) in [5.74, 6) is -1.95. The molecule has 1 aromatic carbocycles.